The molecule has 2 aromatic carbocycles. The van der Waals surface area contributed by atoms with Crippen LogP contribution in [0.4, 0.5) is 5.13 Å². The molecule has 0 aliphatic rings. The van der Waals surface area contributed by atoms with Crippen molar-refractivity contribution in [3.63, 3.8) is 0 Å². The second-order valence-electron chi connectivity index (χ2n) is 8.23. The van der Waals surface area contributed by atoms with Crippen LogP contribution in [0.15, 0.2) is 66.0 Å². The summed E-state index contributed by atoms with van der Waals surface area (Å²) >= 11 is 3.19. The molecular formula is C26H24N4OS2. The minimum Gasteiger partial charge on any atom is -0.308 e. The van der Waals surface area contributed by atoms with E-state index in [9.17, 15) is 4.79 Å². The quantitative estimate of drug-likeness (QED) is 0.300. The molecule has 0 saturated carbocycles. The van der Waals surface area contributed by atoms with Crippen LogP contribution in [-0.2, 0) is 0 Å². The molecule has 0 aliphatic heterocycles. The number of thiophene rings is 1. The second-order valence-corrected chi connectivity index (χ2v) is 10.2. The summed E-state index contributed by atoms with van der Waals surface area (Å²) in [6.45, 7) is 3.35. The van der Waals surface area contributed by atoms with Gasteiger partial charge >= 0.3 is 0 Å². The smallest absolute Gasteiger partial charge is 0.260 e. The lowest BCUT2D eigenvalue weighted by Gasteiger charge is -2.23. The second kappa shape index (κ2) is 9.02. The minimum absolute atomic E-state index is 0.0510. The number of fused-ring (bicyclic) bond motifs is 2. The van der Waals surface area contributed by atoms with Crippen molar-refractivity contribution in [2.45, 2.75) is 6.92 Å². The summed E-state index contributed by atoms with van der Waals surface area (Å²) in [6.07, 6.45) is 0. The number of aromatic nitrogens is 2. The Bertz CT molecular complexity index is 1440. The number of hydrogen-bond donors (Lipinski definition) is 0. The molecule has 0 N–H and O–H groups in total. The number of thiazole rings is 1. The number of nitrogens with zero attached hydrogens (tertiary/aromatic N) is 4. The van der Waals surface area contributed by atoms with Crippen LogP contribution in [0.5, 0.6) is 0 Å². The van der Waals surface area contributed by atoms with Gasteiger partial charge in [0.25, 0.3) is 5.91 Å². The first-order valence-electron chi connectivity index (χ1n) is 10.8. The fourth-order valence-electron chi connectivity index (χ4n) is 3.82. The molecule has 5 aromatic rings. The number of anilines is 1. The lowest BCUT2D eigenvalue weighted by molar-refractivity contribution is 0.0986. The summed E-state index contributed by atoms with van der Waals surface area (Å²) in [5.41, 5.74) is 4.36. The van der Waals surface area contributed by atoms with Gasteiger partial charge in [0, 0.05) is 18.5 Å². The number of likely N-dealkylation sites (N-methyl/N-ethyl adjacent to an activating group) is 1. The Morgan fingerprint density at radius 1 is 0.970 bits per heavy atom. The standard InChI is InChI=1S/C26H24N4OS2/c1-17-8-6-11-23-24(17)28-26(33-23)30(14-13-29(2)3)25(31)19-16-21(22-12-7-15-32-22)27-20-10-5-4-9-18(19)20/h4-12,15-16H,13-14H2,1-3H3. The number of pyridine rings is 1. The molecule has 1 amide bonds. The van der Waals surface area contributed by atoms with Crippen LogP contribution in [0.2, 0.25) is 0 Å². The molecule has 33 heavy (non-hydrogen) atoms. The van der Waals surface area contributed by atoms with E-state index in [0.717, 1.165) is 48.9 Å². The normalized spacial score (nSPS) is 11.5. The van der Waals surface area contributed by atoms with Crippen molar-refractivity contribution >= 4 is 54.8 Å². The van der Waals surface area contributed by atoms with Crippen molar-refractivity contribution in [1.29, 1.82) is 0 Å². The van der Waals surface area contributed by atoms with E-state index in [1.54, 1.807) is 22.7 Å². The van der Waals surface area contributed by atoms with Crippen molar-refractivity contribution in [1.82, 2.24) is 14.9 Å². The van der Waals surface area contributed by atoms with Crippen LogP contribution in [0.1, 0.15) is 15.9 Å². The Kier molecular flexibility index (Phi) is 5.93. The molecule has 5 nitrogen and oxygen atoms in total. The molecule has 166 valence electrons. The molecule has 0 bridgehead atoms. The largest absolute Gasteiger partial charge is 0.308 e. The molecule has 0 spiro atoms. The zero-order valence-corrected chi connectivity index (χ0v) is 20.4. The molecule has 5 rings (SSSR count). The van der Waals surface area contributed by atoms with E-state index < -0.39 is 0 Å². The predicted octanol–water partition coefficient (Wildman–Crippen LogP) is 6.09. The molecule has 3 aromatic heterocycles. The Hall–Kier alpha value is -3.13. The van der Waals surface area contributed by atoms with E-state index >= 15 is 0 Å². The Balaban J connectivity index is 1.65. The first-order chi connectivity index (χ1) is 16.0. The lowest BCUT2D eigenvalue weighted by atomic mass is 10.1. The summed E-state index contributed by atoms with van der Waals surface area (Å²) in [6, 6.07) is 20.0. The summed E-state index contributed by atoms with van der Waals surface area (Å²) in [4.78, 5) is 28.8. The highest BCUT2D eigenvalue weighted by Gasteiger charge is 2.24. The Labute approximate surface area is 200 Å². The number of carbonyl (C=O) groups is 1. The predicted molar refractivity (Wildman–Crippen MR) is 140 cm³/mol. The van der Waals surface area contributed by atoms with Gasteiger partial charge in [-0.25, -0.2) is 9.97 Å². The van der Waals surface area contributed by atoms with Gasteiger partial charge in [-0.15, -0.1) is 11.3 Å². The van der Waals surface area contributed by atoms with E-state index in [-0.39, 0.29) is 5.91 Å². The third-order valence-electron chi connectivity index (χ3n) is 5.58. The molecule has 0 fully saturated rings. The molecule has 0 radical (unpaired) electrons. The van der Waals surface area contributed by atoms with Crippen LogP contribution < -0.4 is 4.90 Å². The molecule has 0 unspecified atom stereocenters. The molecule has 0 saturated heterocycles. The van der Waals surface area contributed by atoms with Gasteiger partial charge in [-0.3, -0.25) is 9.69 Å². The maximum Gasteiger partial charge on any atom is 0.260 e. The van der Waals surface area contributed by atoms with Crippen molar-refractivity contribution in [3.05, 3.63) is 77.2 Å². The summed E-state index contributed by atoms with van der Waals surface area (Å²) in [7, 11) is 4.03. The number of aryl methyl sites for hydroxylation is 1. The number of benzene rings is 2. The highest BCUT2D eigenvalue weighted by Crippen LogP contribution is 2.33. The third-order valence-corrected chi connectivity index (χ3v) is 7.51. The lowest BCUT2D eigenvalue weighted by Crippen LogP contribution is -2.37. The number of hydrogen-bond acceptors (Lipinski definition) is 6. The fraction of sp³-hybridized carbons (Fsp3) is 0.192. The van der Waals surface area contributed by atoms with Gasteiger partial charge in [-0.05, 0) is 56.2 Å². The Morgan fingerprint density at radius 3 is 2.58 bits per heavy atom. The SMILES string of the molecule is Cc1cccc2sc(N(CCN(C)C)C(=O)c3cc(-c4cccs4)nc4ccccc34)nc12. The average Bonchev–Trinajstić information content (AvgIpc) is 3.49. The van der Waals surface area contributed by atoms with Gasteiger partial charge < -0.3 is 4.90 Å². The topological polar surface area (TPSA) is 49.3 Å². The van der Waals surface area contributed by atoms with Crippen LogP contribution in [-0.4, -0.2) is 48.0 Å². The number of carbonyl (C=O) groups excluding carboxylic acids is 1. The van der Waals surface area contributed by atoms with Crippen LogP contribution >= 0.6 is 22.7 Å². The van der Waals surface area contributed by atoms with Crippen molar-refractivity contribution in [3.8, 4) is 10.6 Å². The fourth-order valence-corrected chi connectivity index (χ4v) is 5.58. The van der Waals surface area contributed by atoms with Gasteiger partial charge in [-0.1, -0.05) is 47.7 Å². The van der Waals surface area contributed by atoms with Gasteiger partial charge in [0.1, 0.15) is 0 Å². The number of rotatable bonds is 6. The van der Waals surface area contributed by atoms with E-state index in [1.165, 1.54) is 0 Å². The van der Waals surface area contributed by atoms with Crippen molar-refractivity contribution in [2.75, 3.05) is 32.1 Å². The highest BCUT2D eigenvalue weighted by atomic mass is 32.1. The molecule has 7 heteroatoms. The van der Waals surface area contributed by atoms with Crippen LogP contribution in [0, 0.1) is 6.92 Å². The molecular weight excluding hydrogens is 448 g/mol. The van der Waals surface area contributed by atoms with E-state index in [0.29, 0.717) is 12.1 Å². The monoisotopic (exact) mass is 472 g/mol. The highest BCUT2D eigenvalue weighted by molar-refractivity contribution is 7.22. The maximum absolute atomic E-state index is 14.1. The molecule has 0 aliphatic carbocycles. The van der Waals surface area contributed by atoms with Gasteiger partial charge in [0.15, 0.2) is 5.13 Å². The number of amides is 1. The van der Waals surface area contributed by atoms with E-state index in [2.05, 4.69) is 24.0 Å². The first kappa shape index (κ1) is 21.7. The van der Waals surface area contributed by atoms with Gasteiger partial charge in [0.2, 0.25) is 0 Å². The minimum atomic E-state index is -0.0510. The number of para-hydroxylation sites is 2. The molecule has 0 atom stereocenters. The Morgan fingerprint density at radius 2 is 1.82 bits per heavy atom. The summed E-state index contributed by atoms with van der Waals surface area (Å²) in [5.74, 6) is -0.0510. The third kappa shape index (κ3) is 4.27. The average molecular weight is 473 g/mol. The molecule has 3 heterocycles. The van der Waals surface area contributed by atoms with Crippen molar-refractivity contribution < 1.29 is 4.79 Å². The zero-order chi connectivity index (χ0) is 22.9. The van der Waals surface area contributed by atoms with Crippen LogP contribution in [0.25, 0.3) is 31.7 Å². The van der Waals surface area contributed by atoms with Crippen LogP contribution in [0.3, 0.4) is 0 Å². The van der Waals surface area contributed by atoms with Gasteiger partial charge in [0.05, 0.1) is 31.9 Å². The summed E-state index contributed by atoms with van der Waals surface area (Å²) < 4.78 is 1.09. The summed E-state index contributed by atoms with van der Waals surface area (Å²) in [5, 5.41) is 3.61. The van der Waals surface area contributed by atoms with E-state index in [4.69, 9.17) is 9.97 Å². The maximum atomic E-state index is 14.1. The van der Waals surface area contributed by atoms with Crippen molar-refractivity contribution in [2.24, 2.45) is 0 Å². The van der Waals surface area contributed by atoms with Gasteiger partial charge in [-0.2, -0.15) is 0 Å². The zero-order valence-electron chi connectivity index (χ0n) is 18.8. The van der Waals surface area contributed by atoms with E-state index in [1.807, 2.05) is 72.9 Å². The first-order valence-corrected chi connectivity index (χ1v) is 12.5.